The van der Waals surface area contributed by atoms with E-state index in [4.69, 9.17) is 9.73 Å². The first-order chi connectivity index (χ1) is 16.3. The van der Waals surface area contributed by atoms with Crippen molar-refractivity contribution in [2.75, 3.05) is 18.9 Å². The van der Waals surface area contributed by atoms with Crippen LogP contribution < -0.4 is 4.74 Å². The summed E-state index contributed by atoms with van der Waals surface area (Å²) >= 11 is 3.57. The Morgan fingerprint density at radius 2 is 1.64 bits per heavy atom. The summed E-state index contributed by atoms with van der Waals surface area (Å²) in [7, 11) is 0. The van der Waals surface area contributed by atoms with Crippen molar-refractivity contribution >= 4 is 28.6 Å². The zero-order chi connectivity index (χ0) is 22.5. The van der Waals surface area contributed by atoms with Crippen molar-refractivity contribution in [3.05, 3.63) is 90.5 Å². The van der Waals surface area contributed by atoms with Crippen LogP contribution in [-0.4, -0.2) is 44.0 Å². The molecular weight excluding hydrogens is 448 g/mol. The van der Waals surface area contributed by atoms with Crippen molar-refractivity contribution in [2.45, 2.75) is 17.3 Å². The van der Waals surface area contributed by atoms with Gasteiger partial charge in [0, 0.05) is 27.8 Å². The number of aliphatic imine (C=N–C) groups is 1. The molecule has 0 fully saturated rings. The maximum absolute atomic E-state index is 5.55. The van der Waals surface area contributed by atoms with E-state index in [0.717, 1.165) is 50.9 Å². The number of aromatic nitrogens is 3. The molecule has 0 unspecified atom stereocenters. The second-order valence-electron chi connectivity index (χ2n) is 7.50. The highest BCUT2D eigenvalue weighted by atomic mass is 32.2. The molecule has 0 radical (unpaired) electrons. The van der Waals surface area contributed by atoms with Gasteiger partial charge in [0.05, 0.1) is 18.2 Å². The Hall–Kier alpha value is -3.03. The number of rotatable bonds is 8. The summed E-state index contributed by atoms with van der Waals surface area (Å²) in [5.74, 6) is 2.66. The topological polar surface area (TPSA) is 52.3 Å². The molecule has 7 heteroatoms. The lowest BCUT2D eigenvalue weighted by molar-refractivity contribution is 0.340. The average molecular weight is 473 g/mol. The summed E-state index contributed by atoms with van der Waals surface area (Å²) in [5, 5.41) is 11.5. The fraction of sp³-hybridized carbons (Fsp3) is 0.192. The van der Waals surface area contributed by atoms with E-state index in [-0.39, 0.29) is 0 Å². The highest BCUT2D eigenvalue weighted by molar-refractivity contribution is 8.16. The van der Waals surface area contributed by atoms with Gasteiger partial charge in [-0.3, -0.25) is 9.56 Å². The molecule has 0 saturated heterocycles. The van der Waals surface area contributed by atoms with Crippen molar-refractivity contribution in [2.24, 2.45) is 4.99 Å². The Kier molecular flexibility index (Phi) is 6.79. The molecule has 3 aromatic carbocycles. The van der Waals surface area contributed by atoms with E-state index in [1.54, 1.807) is 11.8 Å². The molecule has 1 aliphatic rings. The molecule has 0 aliphatic carbocycles. The summed E-state index contributed by atoms with van der Waals surface area (Å²) in [6.07, 6.45) is 0. The van der Waals surface area contributed by atoms with Gasteiger partial charge in [-0.2, -0.15) is 0 Å². The largest absolute Gasteiger partial charge is 0.494 e. The van der Waals surface area contributed by atoms with E-state index in [1.165, 1.54) is 0 Å². The molecule has 4 aromatic rings. The molecule has 0 bridgehead atoms. The fourth-order valence-corrected chi connectivity index (χ4v) is 5.86. The first-order valence-corrected chi connectivity index (χ1v) is 12.8. The van der Waals surface area contributed by atoms with Gasteiger partial charge in [-0.15, -0.1) is 22.0 Å². The first kappa shape index (κ1) is 21.8. The van der Waals surface area contributed by atoms with Gasteiger partial charge in [0.15, 0.2) is 11.0 Å². The zero-order valence-corrected chi connectivity index (χ0v) is 19.9. The average Bonchev–Trinajstić information content (AvgIpc) is 3.52. The monoisotopic (exact) mass is 472 g/mol. The van der Waals surface area contributed by atoms with Crippen LogP contribution in [-0.2, 0) is 0 Å². The number of hydrogen-bond acceptors (Lipinski definition) is 6. The summed E-state index contributed by atoms with van der Waals surface area (Å²) < 4.78 is 7.70. The predicted molar refractivity (Wildman–Crippen MR) is 138 cm³/mol. The first-order valence-electron chi connectivity index (χ1n) is 10.9. The SMILES string of the molecule is CCOc1ccc(C2=NC[C@H](CSc3nnc(-c4ccccc4)n3-c3ccccc3)S2)cc1. The van der Waals surface area contributed by atoms with Crippen molar-refractivity contribution in [1.82, 2.24) is 14.8 Å². The lowest BCUT2D eigenvalue weighted by Gasteiger charge is -2.12. The number of ether oxygens (including phenoxy) is 1. The minimum absolute atomic E-state index is 0.401. The van der Waals surface area contributed by atoms with Crippen LogP contribution in [0.2, 0.25) is 0 Å². The third-order valence-corrected chi connectivity index (χ3v) is 7.75. The minimum atomic E-state index is 0.401. The predicted octanol–water partition coefficient (Wildman–Crippen LogP) is 5.99. The summed E-state index contributed by atoms with van der Waals surface area (Å²) in [6, 6.07) is 28.7. The van der Waals surface area contributed by atoms with Crippen molar-refractivity contribution in [1.29, 1.82) is 0 Å². The molecule has 5 rings (SSSR count). The number of hydrogen-bond donors (Lipinski definition) is 0. The van der Waals surface area contributed by atoms with Gasteiger partial charge in [-0.1, -0.05) is 60.3 Å². The van der Waals surface area contributed by atoms with Gasteiger partial charge in [-0.25, -0.2) is 0 Å². The van der Waals surface area contributed by atoms with Gasteiger partial charge >= 0.3 is 0 Å². The lowest BCUT2D eigenvalue weighted by atomic mass is 10.2. The standard InChI is InChI=1S/C26H24N4OS2/c1-2-31-22-15-13-20(14-16-22)25-27-17-23(33-25)18-32-26-29-28-24(19-9-5-3-6-10-19)30(26)21-11-7-4-8-12-21/h3-16,23H,2,17-18H2,1H3/t23-/m1/s1. The van der Waals surface area contributed by atoms with Crippen molar-refractivity contribution in [3.63, 3.8) is 0 Å². The van der Waals surface area contributed by atoms with E-state index < -0.39 is 0 Å². The van der Waals surface area contributed by atoms with Crippen LogP contribution in [0.25, 0.3) is 17.1 Å². The molecule has 5 nitrogen and oxygen atoms in total. The Bertz CT molecular complexity index is 1220. The molecule has 166 valence electrons. The Labute approximate surface area is 202 Å². The van der Waals surface area contributed by atoms with Crippen LogP contribution in [0.5, 0.6) is 5.75 Å². The number of nitrogens with zero attached hydrogens (tertiary/aromatic N) is 4. The molecule has 1 aromatic heterocycles. The summed E-state index contributed by atoms with van der Waals surface area (Å²) in [4.78, 5) is 4.79. The summed E-state index contributed by atoms with van der Waals surface area (Å²) in [6.45, 7) is 3.48. The van der Waals surface area contributed by atoms with Gasteiger partial charge in [0.2, 0.25) is 0 Å². The van der Waals surface area contributed by atoms with Gasteiger partial charge in [0.25, 0.3) is 0 Å². The van der Waals surface area contributed by atoms with Crippen LogP contribution in [0.15, 0.2) is 95.1 Å². The normalized spacial score (nSPS) is 15.4. The highest BCUT2D eigenvalue weighted by Gasteiger charge is 2.23. The molecule has 1 atom stereocenters. The molecule has 0 amide bonds. The van der Waals surface area contributed by atoms with Crippen molar-refractivity contribution < 1.29 is 4.74 Å². The van der Waals surface area contributed by atoms with Gasteiger partial charge in [0.1, 0.15) is 5.75 Å². The van der Waals surface area contributed by atoms with E-state index in [2.05, 4.69) is 51.2 Å². The second kappa shape index (κ2) is 10.3. The maximum Gasteiger partial charge on any atom is 0.196 e. The number of thioether (sulfide) groups is 2. The van der Waals surface area contributed by atoms with Crippen LogP contribution in [0.3, 0.4) is 0 Å². The third kappa shape index (κ3) is 4.99. The van der Waals surface area contributed by atoms with Crippen LogP contribution >= 0.6 is 23.5 Å². The van der Waals surface area contributed by atoms with E-state index in [9.17, 15) is 0 Å². The minimum Gasteiger partial charge on any atom is -0.494 e. The fourth-order valence-electron chi connectivity index (χ4n) is 3.64. The summed E-state index contributed by atoms with van der Waals surface area (Å²) in [5.41, 5.74) is 3.26. The van der Waals surface area contributed by atoms with E-state index in [1.807, 2.05) is 67.2 Å². The molecular formula is C26H24N4OS2. The molecule has 0 N–H and O–H groups in total. The van der Waals surface area contributed by atoms with Crippen molar-refractivity contribution in [3.8, 4) is 22.8 Å². The Morgan fingerprint density at radius 3 is 2.36 bits per heavy atom. The van der Waals surface area contributed by atoms with Crippen LogP contribution in [0.1, 0.15) is 12.5 Å². The third-order valence-electron chi connectivity index (χ3n) is 5.21. The molecule has 2 heterocycles. The molecule has 0 spiro atoms. The molecule has 33 heavy (non-hydrogen) atoms. The molecule has 1 aliphatic heterocycles. The molecule has 0 saturated carbocycles. The highest BCUT2D eigenvalue weighted by Crippen LogP contribution is 2.33. The smallest absolute Gasteiger partial charge is 0.196 e. The number of benzene rings is 3. The van der Waals surface area contributed by atoms with E-state index in [0.29, 0.717) is 11.9 Å². The quantitative estimate of drug-likeness (QED) is 0.295. The second-order valence-corrected chi connectivity index (χ2v) is 9.77. The Balaban J connectivity index is 1.30. The van der Waals surface area contributed by atoms with Crippen LogP contribution in [0, 0.1) is 0 Å². The maximum atomic E-state index is 5.55. The lowest BCUT2D eigenvalue weighted by Crippen LogP contribution is -2.08. The zero-order valence-electron chi connectivity index (χ0n) is 18.3. The van der Waals surface area contributed by atoms with Gasteiger partial charge < -0.3 is 4.74 Å². The van der Waals surface area contributed by atoms with Crippen LogP contribution in [0.4, 0.5) is 0 Å². The Morgan fingerprint density at radius 1 is 0.909 bits per heavy atom. The number of para-hydroxylation sites is 1. The van der Waals surface area contributed by atoms with Gasteiger partial charge in [-0.05, 0) is 43.3 Å². The van der Waals surface area contributed by atoms with E-state index >= 15 is 0 Å².